The smallest absolute Gasteiger partial charge is 0.0350 e. The average Bonchev–Trinajstić information content (AvgIpc) is 2.13. The summed E-state index contributed by atoms with van der Waals surface area (Å²) in [5.41, 5.74) is 0. The van der Waals surface area contributed by atoms with Crippen molar-refractivity contribution in [3.8, 4) is 0 Å². The molecule has 0 saturated heterocycles. The minimum Gasteiger partial charge on any atom is -0.123 e. The van der Waals surface area contributed by atoms with Gasteiger partial charge in [0, 0.05) is 10.8 Å². The lowest BCUT2D eigenvalue weighted by atomic mass is 10.0. The fourth-order valence-electron chi connectivity index (χ4n) is 2.13. The van der Waals surface area contributed by atoms with Gasteiger partial charge in [0.05, 0.1) is 0 Å². The lowest BCUT2D eigenvalue weighted by Gasteiger charge is -2.15. The van der Waals surface area contributed by atoms with Crippen molar-refractivity contribution in [1.82, 2.24) is 0 Å². The summed E-state index contributed by atoms with van der Waals surface area (Å²) in [6.45, 7) is 0. The lowest BCUT2D eigenvalue weighted by molar-refractivity contribution is 0.511. The molecule has 0 bridgehead atoms. The zero-order valence-electron chi connectivity index (χ0n) is 8.98. The quantitative estimate of drug-likeness (QED) is 0.513. The third-order valence-corrected chi connectivity index (χ3v) is 3.84. The molecule has 0 amide bonds. The van der Waals surface area contributed by atoms with Crippen molar-refractivity contribution in [2.45, 2.75) is 75.0 Å². The van der Waals surface area contributed by atoms with E-state index in [4.69, 9.17) is 23.2 Å². The monoisotopic (exact) mass is 236 g/mol. The fraction of sp³-hybridized carbons (Fsp3) is 1.00. The molecule has 1 aliphatic carbocycles. The molecule has 84 valence electrons. The number of halogens is 2. The molecule has 0 radical (unpaired) electrons. The molecule has 2 unspecified atom stereocenters. The van der Waals surface area contributed by atoms with Gasteiger partial charge in [-0.1, -0.05) is 44.9 Å². The van der Waals surface area contributed by atoms with E-state index >= 15 is 0 Å². The van der Waals surface area contributed by atoms with Crippen LogP contribution in [0.4, 0.5) is 0 Å². The summed E-state index contributed by atoms with van der Waals surface area (Å²) < 4.78 is 0. The van der Waals surface area contributed by atoms with Gasteiger partial charge in [-0.25, -0.2) is 0 Å². The van der Waals surface area contributed by atoms with Gasteiger partial charge in [0.25, 0.3) is 0 Å². The maximum Gasteiger partial charge on any atom is 0.0350 e. The van der Waals surface area contributed by atoms with Crippen LogP contribution in [0.1, 0.15) is 64.2 Å². The zero-order chi connectivity index (χ0) is 10.2. The molecule has 0 heterocycles. The maximum atomic E-state index is 6.22. The summed E-state index contributed by atoms with van der Waals surface area (Å²) in [6.07, 6.45) is 12.8. The first-order valence-corrected chi connectivity index (χ1v) is 6.94. The Bertz CT molecular complexity index is 122. The van der Waals surface area contributed by atoms with Gasteiger partial charge in [0.1, 0.15) is 0 Å². The minimum absolute atomic E-state index is 0.317. The predicted molar refractivity (Wildman–Crippen MR) is 65.5 cm³/mol. The topological polar surface area (TPSA) is 0 Å². The third-order valence-electron chi connectivity index (χ3n) is 3.05. The first-order valence-electron chi connectivity index (χ1n) is 6.07. The van der Waals surface area contributed by atoms with Gasteiger partial charge >= 0.3 is 0 Å². The summed E-state index contributed by atoms with van der Waals surface area (Å²) in [6, 6.07) is 0. The van der Waals surface area contributed by atoms with E-state index in [9.17, 15) is 0 Å². The summed E-state index contributed by atoms with van der Waals surface area (Å²) >= 11 is 12.4. The number of hydrogen-bond acceptors (Lipinski definition) is 0. The van der Waals surface area contributed by atoms with Crippen LogP contribution in [0, 0.1) is 0 Å². The molecule has 1 fully saturated rings. The van der Waals surface area contributed by atoms with Crippen molar-refractivity contribution in [3.63, 3.8) is 0 Å². The van der Waals surface area contributed by atoms with Gasteiger partial charge in [-0.2, -0.15) is 0 Å². The van der Waals surface area contributed by atoms with E-state index in [2.05, 4.69) is 0 Å². The van der Waals surface area contributed by atoms with Gasteiger partial charge in [0.15, 0.2) is 0 Å². The molecule has 1 rings (SSSR count). The van der Waals surface area contributed by atoms with Gasteiger partial charge < -0.3 is 0 Å². The standard InChI is InChI=1S/C12H22Cl2/c13-11-8-6-4-2-1-3-5-7-9-12(14)10-11/h11-12H,1-10H2. The summed E-state index contributed by atoms with van der Waals surface area (Å²) in [5, 5.41) is 0.633. The molecule has 1 aliphatic rings. The molecule has 0 aromatic rings. The van der Waals surface area contributed by atoms with E-state index in [-0.39, 0.29) is 0 Å². The Morgan fingerprint density at radius 1 is 0.571 bits per heavy atom. The molecule has 2 atom stereocenters. The predicted octanol–water partition coefficient (Wildman–Crippen LogP) is 5.12. The molecule has 0 spiro atoms. The fourth-order valence-corrected chi connectivity index (χ4v) is 2.96. The van der Waals surface area contributed by atoms with Crippen LogP contribution in [0.3, 0.4) is 0 Å². The summed E-state index contributed by atoms with van der Waals surface area (Å²) in [4.78, 5) is 0. The van der Waals surface area contributed by atoms with Gasteiger partial charge in [-0.3, -0.25) is 0 Å². The largest absolute Gasteiger partial charge is 0.123 e. The highest BCUT2D eigenvalue weighted by atomic mass is 35.5. The molecular formula is C12H22Cl2. The van der Waals surface area contributed by atoms with Crippen LogP contribution in [0.2, 0.25) is 0 Å². The average molecular weight is 237 g/mol. The molecule has 0 aromatic heterocycles. The van der Waals surface area contributed by atoms with Crippen LogP contribution >= 0.6 is 23.2 Å². The maximum absolute atomic E-state index is 6.22. The number of rotatable bonds is 0. The van der Waals surface area contributed by atoms with Crippen LogP contribution in [-0.2, 0) is 0 Å². The van der Waals surface area contributed by atoms with E-state index in [1.807, 2.05) is 0 Å². The molecular weight excluding hydrogens is 215 g/mol. The van der Waals surface area contributed by atoms with E-state index in [0.29, 0.717) is 10.8 Å². The molecule has 14 heavy (non-hydrogen) atoms. The first-order chi connectivity index (χ1) is 6.79. The van der Waals surface area contributed by atoms with Crippen molar-refractivity contribution in [3.05, 3.63) is 0 Å². The van der Waals surface area contributed by atoms with E-state index in [1.165, 1.54) is 44.9 Å². The zero-order valence-corrected chi connectivity index (χ0v) is 10.5. The first kappa shape index (κ1) is 12.6. The SMILES string of the molecule is ClC1CCCCCCCCCC(Cl)C1. The summed E-state index contributed by atoms with van der Waals surface area (Å²) in [5.74, 6) is 0. The van der Waals surface area contributed by atoms with E-state index < -0.39 is 0 Å². The molecule has 0 nitrogen and oxygen atoms in total. The highest BCUT2D eigenvalue weighted by molar-refractivity contribution is 6.23. The Hall–Kier alpha value is 0.580. The van der Waals surface area contributed by atoms with Crippen LogP contribution in [0.25, 0.3) is 0 Å². The third kappa shape index (κ3) is 6.14. The Morgan fingerprint density at radius 3 is 1.36 bits per heavy atom. The van der Waals surface area contributed by atoms with E-state index in [0.717, 1.165) is 19.3 Å². The second-order valence-electron chi connectivity index (χ2n) is 4.48. The number of alkyl halides is 2. The molecule has 0 aromatic carbocycles. The highest BCUT2D eigenvalue weighted by Gasteiger charge is 2.12. The Labute approximate surface area is 98.4 Å². The van der Waals surface area contributed by atoms with Crippen LogP contribution < -0.4 is 0 Å². The van der Waals surface area contributed by atoms with Crippen molar-refractivity contribution in [1.29, 1.82) is 0 Å². The number of hydrogen-bond donors (Lipinski definition) is 0. The van der Waals surface area contributed by atoms with Crippen molar-refractivity contribution in [2.75, 3.05) is 0 Å². The van der Waals surface area contributed by atoms with Crippen LogP contribution in [0.5, 0.6) is 0 Å². The van der Waals surface area contributed by atoms with Gasteiger partial charge in [0.2, 0.25) is 0 Å². The van der Waals surface area contributed by atoms with Crippen LogP contribution in [-0.4, -0.2) is 10.8 Å². The van der Waals surface area contributed by atoms with Gasteiger partial charge in [-0.15, -0.1) is 23.2 Å². The van der Waals surface area contributed by atoms with Crippen molar-refractivity contribution in [2.24, 2.45) is 0 Å². The molecule has 1 saturated carbocycles. The second kappa shape index (κ2) is 7.82. The molecule has 0 N–H and O–H groups in total. The molecule has 0 aliphatic heterocycles. The summed E-state index contributed by atoms with van der Waals surface area (Å²) in [7, 11) is 0. The van der Waals surface area contributed by atoms with E-state index in [1.54, 1.807) is 0 Å². The lowest BCUT2D eigenvalue weighted by Crippen LogP contribution is -2.09. The Kier molecular flexibility index (Phi) is 7.06. The normalized spacial score (nSPS) is 33.0. The van der Waals surface area contributed by atoms with Crippen molar-refractivity contribution >= 4 is 23.2 Å². The van der Waals surface area contributed by atoms with Crippen LogP contribution in [0.15, 0.2) is 0 Å². The Balaban J connectivity index is 2.22. The molecule has 2 heteroatoms. The minimum atomic E-state index is 0.317. The van der Waals surface area contributed by atoms with Gasteiger partial charge in [-0.05, 0) is 19.3 Å². The highest BCUT2D eigenvalue weighted by Crippen LogP contribution is 2.23. The Morgan fingerprint density at radius 2 is 0.929 bits per heavy atom. The van der Waals surface area contributed by atoms with Crippen molar-refractivity contribution < 1.29 is 0 Å². The second-order valence-corrected chi connectivity index (χ2v) is 5.72.